The van der Waals surface area contributed by atoms with Gasteiger partial charge in [-0.2, -0.15) is 30.7 Å². The number of ether oxygens (including phenoxy) is 1. The van der Waals surface area contributed by atoms with E-state index in [4.69, 9.17) is 0 Å². The SMILES string of the molecule is CCCCCOC(F)(C(F)(F)F)C(F)(F)F. The highest BCUT2D eigenvalue weighted by Gasteiger charge is 2.74. The van der Waals surface area contributed by atoms with E-state index in [1.54, 1.807) is 6.92 Å². The van der Waals surface area contributed by atoms with E-state index in [2.05, 4.69) is 4.74 Å². The molecule has 0 rings (SSSR count). The molecule has 16 heavy (non-hydrogen) atoms. The minimum Gasteiger partial charge on any atom is -0.332 e. The minimum atomic E-state index is -6.13. The molecule has 0 fully saturated rings. The summed E-state index contributed by atoms with van der Waals surface area (Å²) in [5.74, 6) is -5.58. The number of hydrogen-bond acceptors (Lipinski definition) is 1. The molecule has 0 aliphatic heterocycles. The molecule has 0 spiro atoms. The lowest BCUT2D eigenvalue weighted by molar-refractivity contribution is -0.430. The Bertz CT molecular complexity index is 193. The normalized spacial score (nSPS) is 14.2. The fourth-order valence-corrected chi connectivity index (χ4v) is 0.889. The Kier molecular flexibility index (Phi) is 5.03. The molecule has 0 N–H and O–H groups in total. The standard InChI is InChI=1S/C8H11F7O/c1-2-3-4-5-16-6(9,7(10,11)12)8(13,14)15/h2-5H2,1H3. The summed E-state index contributed by atoms with van der Waals surface area (Å²) in [5, 5.41) is 0. The molecule has 0 atom stereocenters. The van der Waals surface area contributed by atoms with Crippen molar-refractivity contribution in [1.82, 2.24) is 0 Å². The maximum Gasteiger partial charge on any atom is 0.458 e. The largest absolute Gasteiger partial charge is 0.458 e. The Morgan fingerprint density at radius 1 is 0.812 bits per heavy atom. The monoisotopic (exact) mass is 256 g/mol. The second-order valence-electron chi connectivity index (χ2n) is 3.15. The quantitative estimate of drug-likeness (QED) is 0.534. The highest BCUT2D eigenvalue weighted by Crippen LogP contribution is 2.46. The fourth-order valence-electron chi connectivity index (χ4n) is 0.889. The summed E-state index contributed by atoms with van der Waals surface area (Å²) >= 11 is 0. The molecular formula is C8H11F7O. The first kappa shape index (κ1) is 15.5. The molecule has 1 nitrogen and oxygen atoms in total. The lowest BCUT2D eigenvalue weighted by Crippen LogP contribution is -2.55. The third kappa shape index (κ3) is 3.50. The summed E-state index contributed by atoms with van der Waals surface area (Å²) in [6.45, 7) is 0.763. The van der Waals surface area contributed by atoms with Crippen molar-refractivity contribution < 1.29 is 35.5 Å². The predicted octanol–water partition coefficient (Wildman–Crippen LogP) is 3.98. The van der Waals surface area contributed by atoms with Crippen LogP contribution in [0.4, 0.5) is 30.7 Å². The molecular weight excluding hydrogens is 245 g/mol. The van der Waals surface area contributed by atoms with Gasteiger partial charge in [0.2, 0.25) is 0 Å². The number of alkyl halides is 7. The molecule has 0 aliphatic carbocycles. The van der Waals surface area contributed by atoms with Crippen LogP contribution in [0.5, 0.6) is 0 Å². The maximum absolute atomic E-state index is 12.8. The molecule has 0 aliphatic rings. The van der Waals surface area contributed by atoms with E-state index in [9.17, 15) is 30.7 Å². The number of halogens is 7. The first-order valence-corrected chi connectivity index (χ1v) is 4.52. The average Bonchev–Trinajstić information content (AvgIpc) is 2.08. The van der Waals surface area contributed by atoms with Crippen LogP contribution in [0.2, 0.25) is 0 Å². The van der Waals surface area contributed by atoms with Crippen LogP contribution >= 0.6 is 0 Å². The molecule has 0 aromatic rings. The summed E-state index contributed by atoms with van der Waals surface area (Å²) in [6, 6.07) is 0. The van der Waals surface area contributed by atoms with Gasteiger partial charge in [-0.1, -0.05) is 19.8 Å². The van der Waals surface area contributed by atoms with Crippen molar-refractivity contribution in [3.05, 3.63) is 0 Å². The van der Waals surface area contributed by atoms with E-state index in [0.29, 0.717) is 12.8 Å². The Morgan fingerprint density at radius 3 is 1.56 bits per heavy atom. The van der Waals surface area contributed by atoms with E-state index in [0.717, 1.165) is 0 Å². The summed E-state index contributed by atoms with van der Waals surface area (Å²) in [5.41, 5.74) is 0. The number of rotatable bonds is 5. The van der Waals surface area contributed by atoms with Crippen LogP contribution in [0, 0.1) is 0 Å². The second kappa shape index (κ2) is 5.20. The number of unbranched alkanes of at least 4 members (excludes halogenated alkanes) is 2. The van der Waals surface area contributed by atoms with Crippen molar-refractivity contribution in [3.63, 3.8) is 0 Å². The molecule has 0 aromatic heterocycles. The van der Waals surface area contributed by atoms with Crippen molar-refractivity contribution in [2.75, 3.05) is 6.61 Å². The minimum absolute atomic E-state index is 0.0612. The second-order valence-corrected chi connectivity index (χ2v) is 3.15. The van der Waals surface area contributed by atoms with Gasteiger partial charge in [0.05, 0.1) is 6.61 Å². The highest BCUT2D eigenvalue weighted by molar-refractivity contribution is 4.85. The molecule has 8 heteroatoms. The summed E-state index contributed by atoms with van der Waals surface area (Å²) < 4.78 is 87.4. The lowest BCUT2D eigenvalue weighted by atomic mass is 10.2. The van der Waals surface area contributed by atoms with Gasteiger partial charge < -0.3 is 4.74 Å². The molecule has 0 unspecified atom stereocenters. The first-order valence-electron chi connectivity index (χ1n) is 4.52. The van der Waals surface area contributed by atoms with Crippen LogP contribution in [0.3, 0.4) is 0 Å². The molecule has 0 saturated carbocycles. The van der Waals surface area contributed by atoms with Crippen LogP contribution in [-0.2, 0) is 4.74 Å². The molecule has 0 heterocycles. The molecule has 0 aromatic carbocycles. The summed E-state index contributed by atoms with van der Waals surface area (Å²) in [6.07, 6.45) is -11.4. The van der Waals surface area contributed by atoms with Gasteiger partial charge in [-0.15, -0.1) is 0 Å². The van der Waals surface area contributed by atoms with Gasteiger partial charge in [0.25, 0.3) is 0 Å². The van der Waals surface area contributed by atoms with E-state index in [1.165, 1.54) is 0 Å². The third-order valence-corrected chi connectivity index (χ3v) is 1.78. The Labute approximate surface area is 87.6 Å². The number of hydrogen-bond donors (Lipinski definition) is 0. The third-order valence-electron chi connectivity index (χ3n) is 1.78. The van der Waals surface area contributed by atoms with E-state index in [1.807, 2.05) is 0 Å². The van der Waals surface area contributed by atoms with Gasteiger partial charge in [0.15, 0.2) is 0 Å². The van der Waals surface area contributed by atoms with Gasteiger partial charge >= 0.3 is 18.2 Å². The topological polar surface area (TPSA) is 9.23 Å². The Morgan fingerprint density at radius 2 is 1.25 bits per heavy atom. The van der Waals surface area contributed by atoms with Gasteiger partial charge in [-0.05, 0) is 6.42 Å². The summed E-state index contributed by atoms with van der Waals surface area (Å²) in [4.78, 5) is 0. The highest BCUT2D eigenvalue weighted by atomic mass is 19.4. The van der Waals surface area contributed by atoms with Gasteiger partial charge in [-0.25, -0.2) is 0 Å². The van der Waals surface area contributed by atoms with Crippen LogP contribution in [-0.4, -0.2) is 24.8 Å². The van der Waals surface area contributed by atoms with E-state index in [-0.39, 0.29) is 6.42 Å². The lowest BCUT2D eigenvalue weighted by Gasteiger charge is -2.29. The Balaban J connectivity index is 4.59. The van der Waals surface area contributed by atoms with Crippen LogP contribution in [0.25, 0.3) is 0 Å². The van der Waals surface area contributed by atoms with Gasteiger partial charge in [-0.3, -0.25) is 0 Å². The van der Waals surface area contributed by atoms with E-state index < -0.39 is 24.8 Å². The maximum atomic E-state index is 12.8. The predicted molar refractivity (Wildman–Crippen MR) is 41.4 cm³/mol. The molecule has 98 valence electrons. The van der Waals surface area contributed by atoms with Crippen molar-refractivity contribution in [2.24, 2.45) is 0 Å². The molecule has 0 amide bonds. The zero-order valence-corrected chi connectivity index (χ0v) is 8.38. The van der Waals surface area contributed by atoms with Crippen molar-refractivity contribution in [1.29, 1.82) is 0 Å². The van der Waals surface area contributed by atoms with Crippen molar-refractivity contribution in [3.8, 4) is 0 Å². The van der Waals surface area contributed by atoms with E-state index >= 15 is 0 Å². The van der Waals surface area contributed by atoms with Crippen LogP contribution < -0.4 is 0 Å². The summed E-state index contributed by atoms with van der Waals surface area (Å²) in [7, 11) is 0. The van der Waals surface area contributed by atoms with Crippen molar-refractivity contribution >= 4 is 0 Å². The Hall–Kier alpha value is -0.530. The fraction of sp³-hybridized carbons (Fsp3) is 1.00. The molecule has 0 radical (unpaired) electrons. The zero-order valence-electron chi connectivity index (χ0n) is 8.38. The molecule has 0 bridgehead atoms. The molecule has 0 saturated heterocycles. The van der Waals surface area contributed by atoms with Crippen molar-refractivity contribution in [2.45, 2.75) is 44.4 Å². The van der Waals surface area contributed by atoms with Crippen LogP contribution in [0.15, 0.2) is 0 Å². The smallest absolute Gasteiger partial charge is 0.332 e. The van der Waals surface area contributed by atoms with Crippen LogP contribution in [0.1, 0.15) is 26.2 Å². The van der Waals surface area contributed by atoms with Gasteiger partial charge in [0, 0.05) is 0 Å². The first-order chi connectivity index (χ1) is 7.06. The zero-order chi connectivity index (χ0) is 13.0. The van der Waals surface area contributed by atoms with Gasteiger partial charge in [0.1, 0.15) is 0 Å². The average molecular weight is 256 g/mol.